The topological polar surface area (TPSA) is 42.3 Å². The minimum atomic E-state index is -4.79. The molecule has 2 aromatic rings. The molecular weight excluding hydrogens is 328 g/mol. The van der Waals surface area contributed by atoms with Crippen molar-refractivity contribution in [3.8, 4) is 0 Å². The fourth-order valence-corrected chi connectivity index (χ4v) is 2.11. The molecule has 0 saturated carbocycles. The normalized spacial score (nSPS) is 11.4. The summed E-state index contributed by atoms with van der Waals surface area (Å²) in [4.78, 5) is 25.0. The summed E-state index contributed by atoms with van der Waals surface area (Å²) < 4.78 is 52.4. The summed E-state index contributed by atoms with van der Waals surface area (Å²) in [5.74, 6) is -1.10. The Morgan fingerprint density at radius 2 is 1.83 bits per heavy atom. The summed E-state index contributed by atoms with van der Waals surface area (Å²) >= 11 is 0. The molecule has 0 spiro atoms. The monoisotopic (exact) mass is 342 g/mol. The highest BCUT2D eigenvalue weighted by Gasteiger charge is 2.34. The van der Waals surface area contributed by atoms with Crippen molar-refractivity contribution in [2.75, 3.05) is 7.05 Å². The maximum absolute atomic E-state index is 13.6. The van der Waals surface area contributed by atoms with E-state index in [1.165, 1.54) is 25.2 Å². The number of amides is 1. The van der Waals surface area contributed by atoms with Crippen molar-refractivity contribution in [3.05, 3.63) is 69.9 Å². The molecular formula is C16H14F4N2O2. The van der Waals surface area contributed by atoms with Crippen LogP contribution in [-0.2, 0) is 24.1 Å². The Balaban J connectivity index is 2.15. The molecule has 4 nitrogen and oxygen atoms in total. The molecule has 128 valence electrons. The van der Waals surface area contributed by atoms with E-state index in [0.717, 1.165) is 17.2 Å². The zero-order valence-corrected chi connectivity index (χ0v) is 12.7. The molecule has 1 amide bonds. The summed E-state index contributed by atoms with van der Waals surface area (Å²) in [6.45, 7) is -0.618. The van der Waals surface area contributed by atoms with Crippen LogP contribution in [0.2, 0.25) is 0 Å². The van der Waals surface area contributed by atoms with Gasteiger partial charge < -0.3 is 9.47 Å². The predicted molar refractivity (Wildman–Crippen MR) is 78.6 cm³/mol. The van der Waals surface area contributed by atoms with Gasteiger partial charge >= 0.3 is 6.18 Å². The van der Waals surface area contributed by atoms with Crippen LogP contribution in [0.4, 0.5) is 17.6 Å². The Labute approximate surface area is 134 Å². The molecule has 1 aromatic carbocycles. The molecule has 0 fully saturated rings. The van der Waals surface area contributed by atoms with Crippen molar-refractivity contribution in [2.45, 2.75) is 19.3 Å². The Morgan fingerprint density at radius 3 is 2.46 bits per heavy atom. The maximum Gasteiger partial charge on any atom is 0.421 e. The Bertz CT molecular complexity index is 799. The van der Waals surface area contributed by atoms with Gasteiger partial charge in [-0.15, -0.1) is 0 Å². The van der Waals surface area contributed by atoms with Gasteiger partial charge in [0.2, 0.25) is 5.91 Å². The SMILES string of the molecule is CN(Cc1ccccc1F)C(=O)Cn1cccc(C(F)(F)F)c1=O. The molecule has 0 atom stereocenters. The predicted octanol–water partition coefficient (Wildman–Crippen LogP) is 2.66. The minimum Gasteiger partial charge on any atom is -0.340 e. The maximum atomic E-state index is 13.6. The molecule has 0 bridgehead atoms. The third-order valence-corrected chi connectivity index (χ3v) is 3.42. The van der Waals surface area contributed by atoms with Crippen LogP contribution in [0.5, 0.6) is 0 Å². The third kappa shape index (κ3) is 4.01. The second-order valence-corrected chi connectivity index (χ2v) is 5.19. The van der Waals surface area contributed by atoms with E-state index >= 15 is 0 Å². The van der Waals surface area contributed by atoms with Crippen LogP contribution in [0.3, 0.4) is 0 Å². The highest BCUT2D eigenvalue weighted by atomic mass is 19.4. The molecule has 0 aliphatic rings. The lowest BCUT2D eigenvalue weighted by atomic mass is 10.2. The molecule has 0 unspecified atom stereocenters. The highest BCUT2D eigenvalue weighted by Crippen LogP contribution is 2.25. The molecule has 2 rings (SSSR count). The first-order valence-corrected chi connectivity index (χ1v) is 6.94. The Morgan fingerprint density at radius 1 is 1.17 bits per heavy atom. The summed E-state index contributed by atoms with van der Waals surface area (Å²) in [7, 11) is 1.38. The van der Waals surface area contributed by atoms with Gasteiger partial charge in [-0.25, -0.2) is 4.39 Å². The first kappa shape index (κ1) is 17.7. The van der Waals surface area contributed by atoms with Crippen LogP contribution in [-0.4, -0.2) is 22.4 Å². The standard InChI is InChI=1S/C16H14F4N2O2/c1-21(9-11-5-2-3-7-13(11)17)14(23)10-22-8-4-6-12(15(22)24)16(18,19)20/h2-8H,9-10H2,1H3. The molecule has 0 aliphatic carbocycles. The van der Waals surface area contributed by atoms with E-state index in [1.54, 1.807) is 6.07 Å². The van der Waals surface area contributed by atoms with Gasteiger partial charge in [0.05, 0.1) is 0 Å². The number of aromatic nitrogens is 1. The molecule has 1 aromatic heterocycles. The summed E-state index contributed by atoms with van der Waals surface area (Å²) in [5.41, 5.74) is -2.36. The number of hydrogen-bond acceptors (Lipinski definition) is 2. The second kappa shape index (κ2) is 6.86. The number of rotatable bonds is 4. The molecule has 0 aliphatic heterocycles. The van der Waals surface area contributed by atoms with E-state index in [1.807, 2.05) is 0 Å². The lowest BCUT2D eigenvalue weighted by molar-refractivity contribution is -0.139. The van der Waals surface area contributed by atoms with Crippen LogP contribution in [0, 0.1) is 5.82 Å². The van der Waals surface area contributed by atoms with Gasteiger partial charge in [-0.3, -0.25) is 9.59 Å². The van der Waals surface area contributed by atoms with E-state index in [-0.39, 0.29) is 12.1 Å². The van der Waals surface area contributed by atoms with Gasteiger partial charge in [0.1, 0.15) is 17.9 Å². The van der Waals surface area contributed by atoms with Gasteiger partial charge in [0, 0.05) is 25.4 Å². The summed E-state index contributed by atoms with van der Waals surface area (Å²) in [6, 6.07) is 7.55. The number of nitrogens with zero attached hydrogens (tertiary/aromatic N) is 2. The van der Waals surface area contributed by atoms with Gasteiger partial charge in [0.15, 0.2) is 0 Å². The first-order valence-electron chi connectivity index (χ1n) is 6.94. The summed E-state index contributed by atoms with van der Waals surface area (Å²) in [5, 5.41) is 0. The van der Waals surface area contributed by atoms with Gasteiger partial charge in [0.25, 0.3) is 5.56 Å². The highest BCUT2D eigenvalue weighted by molar-refractivity contribution is 5.75. The fourth-order valence-electron chi connectivity index (χ4n) is 2.11. The fraction of sp³-hybridized carbons (Fsp3) is 0.250. The molecule has 1 heterocycles. The van der Waals surface area contributed by atoms with E-state index in [4.69, 9.17) is 0 Å². The molecule has 0 saturated heterocycles. The number of carbonyl (C=O) groups is 1. The zero-order chi connectivity index (χ0) is 17.9. The molecule has 0 radical (unpaired) electrons. The Hall–Kier alpha value is -2.64. The average Bonchev–Trinajstić information content (AvgIpc) is 2.50. The van der Waals surface area contributed by atoms with Gasteiger partial charge in [-0.2, -0.15) is 13.2 Å². The number of carbonyl (C=O) groups excluding carboxylic acids is 1. The van der Waals surface area contributed by atoms with Crippen molar-refractivity contribution < 1.29 is 22.4 Å². The lowest BCUT2D eigenvalue weighted by Crippen LogP contribution is -2.35. The van der Waals surface area contributed by atoms with Crippen molar-refractivity contribution >= 4 is 5.91 Å². The third-order valence-electron chi connectivity index (χ3n) is 3.42. The molecule has 0 N–H and O–H groups in total. The van der Waals surface area contributed by atoms with E-state index in [9.17, 15) is 27.2 Å². The van der Waals surface area contributed by atoms with Crippen LogP contribution >= 0.6 is 0 Å². The minimum absolute atomic E-state index is 0.0563. The van der Waals surface area contributed by atoms with E-state index in [0.29, 0.717) is 10.6 Å². The van der Waals surface area contributed by atoms with Crippen LogP contribution in [0.15, 0.2) is 47.4 Å². The van der Waals surface area contributed by atoms with E-state index < -0.39 is 35.6 Å². The number of hydrogen-bond donors (Lipinski definition) is 0. The van der Waals surface area contributed by atoms with E-state index in [2.05, 4.69) is 0 Å². The number of alkyl halides is 3. The first-order chi connectivity index (χ1) is 11.2. The number of benzene rings is 1. The van der Waals surface area contributed by atoms with Crippen molar-refractivity contribution in [1.82, 2.24) is 9.47 Å². The van der Waals surface area contributed by atoms with Crippen LogP contribution < -0.4 is 5.56 Å². The number of pyridine rings is 1. The summed E-state index contributed by atoms with van der Waals surface area (Å²) in [6.07, 6.45) is -3.69. The van der Waals surface area contributed by atoms with Gasteiger partial charge in [-0.05, 0) is 18.2 Å². The number of likely N-dealkylation sites (N-methyl/N-ethyl adjacent to an activating group) is 1. The van der Waals surface area contributed by atoms with Crippen LogP contribution in [0.1, 0.15) is 11.1 Å². The zero-order valence-electron chi connectivity index (χ0n) is 12.7. The van der Waals surface area contributed by atoms with Crippen molar-refractivity contribution in [1.29, 1.82) is 0 Å². The molecule has 24 heavy (non-hydrogen) atoms. The van der Waals surface area contributed by atoms with Gasteiger partial charge in [-0.1, -0.05) is 18.2 Å². The van der Waals surface area contributed by atoms with Crippen LogP contribution in [0.25, 0.3) is 0 Å². The molecule has 8 heteroatoms. The Kier molecular flexibility index (Phi) is 5.06. The smallest absolute Gasteiger partial charge is 0.340 e. The quantitative estimate of drug-likeness (QED) is 0.802. The number of halogens is 4. The largest absolute Gasteiger partial charge is 0.421 e. The average molecular weight is 342 g/mol. The van der Waals surface area contributed by atoms with Crippen molar-refractivity contribution in [2.24, 2.45) is 0 Å². The van der Waals surface area contributed by atoms with Crippen molar-refractivity contribution in [3.63, 3.8) is 0 Å². The second-order valence-electron chi connectivity index (χ2n) is 5.19. The lowest BCUT2D eigenvalue weighted by Gasteiger charge is -2.18.